The van der Waals surface area contributed by atoms with Gasteiger partial charge >= 0.3 is 0 Å². The van der Waals surface area contributed by atoms with Crippen LogP contribution in [0.1, 0.15) is 57.9 Å². The molecule has 36 heavy (non-hydrogen) atoms. The number of carbonyl (C=O) groups excluding carboxylic acids is 1. The Morgan fingerprint density at radius 1 is 0.944 bits per heavy atom. The predicted octanol–water partition coefficient (Wildman–Crippen LogP) is 4.23. The monoisotopic (exact) mass is 494 g/mol. The van der Waals surface area contributed by atoms with Crippen LogP contribution in [0.15, 0.2) is 30.3 Å². The summed E-state index contributed by atoms with van der Waals surface area (Å²) in [6, 6.07) is 7.49. The van der Waals surface area contributed by atoms with Gasteiger partial charge in [0.15, 0.2) is 0 Å². The molecule has 1 aromatic carbocycles. The third-order valence-corrected chi connectivity index (χ3v) is 4.83. The number of halogens is 1. The van der Waals surface area contributed by atoms with Crippen molar-refractivity contribution in [1.29, 1.82) is 0 Å². The van der Waals surface area contributed by atoms with Crippen molar-refractivity contribution in [3.05, 3.63) is 41.7 Å². The highest BCUT2D eigenvalue weighted by Gasteiger charge is 2.20. The minimum absolute atomic E-state index is 0.0128. The lowest BCUT2D eigenvalue weighted by Crippen LogP contribution is -2.16. The molecule has 3 heterocycles. The molecule has 0 aliphatic rings. The molecule has 0 aliphatic carbocycles. The molecule has 11 nitrogen and oxygen atoms in total. The topological polar surface area (TPSA) is 130 Å². The van der Waals surface area contributed by atoms with E-state index in [2.05, 4.69) is 35.8 Å². The summed E-state index contributed by atoms with van der Waals surface area (Å²) in [7, 11) is 0. The maximum Gasteiger partial charge on any atom is 0.278 e. The van der Waals surface area contributed by atoms with Crippen LogP contribution in [-0.4, -0.2) is 53.3 Å². The number of ether oxygens (including phenoxy) is 2. The Labute approximate surface area is 207 Å². The van der Waals surface area contributed by atoms with Crippen molar-refractivity contribution < 1.29 is 18.7 Å². The van der Waals surface area contributed by atoms with Gasteiger partial charge in [-0.15, -0.1) is 5.10 Å². The van der Waals surface area contributed by atoms with Gasteiger partial charge in [-0.2, -0.15) is 0 Å². The molecule has 4 aromatic rings. The van der Waals surface area contributed by atoms with E-state index >= 15 is 0 Å². The smallest absolute Gasteiger partial charge is 0.278 e. The average molecular weight is 495 g/mol. The van der Waals surface area contributed by atoms with Crippen molar-refractivity contribution in [3.8, 4) is 23.3 Å². The second-order valence-electron chi connectivity index (χ2n) is 8.89. The average Bonchev–Trinajstić information content (AvgIpc) is 3.29. The fraction of sp³-hybridized carbons (Fsp3) is 0.375. The summed E-state index contributed by atoms with van der Waals surface area (Å²) in [5.41, 5.74) is 0.760. The van der Waals surface area contributed by atoms with E-state index in [4.69, 9.17) is 9.47 Å². The lowest BCUT2D eigenvalue weighted by atomic mass is 10.1. The normalized spacial score (nSPS) is 11.5. The minimum atomic E-state index is -0.762. The van der Waals surface area contributed by atoms with Gasteiger partial charge in [0, 0.05) is 6.07 Å². The second-order valence-corrected chi connectivity index (χ2v) is 8.89. The Morgan fingerprint density at radius 3 is 2.19 bits per heavy atom. The molecule has 0 bridgehead atoms. The SMILES string of the molecule is CC(C)Oc1nc2cc(F)c(C(=O)Nc3cccc(-c4nnnn4C(C)C)n3)cc2nc1OC(C)C. The van der Waals surface area contributed by atoms with Crippen LogP contribution in [0.5, 0.6) is 11.8 Å². The van der Waals surface area contributed by atoms with Crippen LogP contribution >= 0.6 is 0 Å². The van der Waals surface area contributed by atoms with Crippen molar-refractivity contribution in [1.82, 2.24) is 35.2 Å². The molecule has 3 aromatic heterocycles. The molecule has 0 atom stereocenters. The zero-order valence-corrected chi connectivity index (χ0v) is 20.9. The lowest BCUT2D eigenvalue weighted by molar-refractivity contribution is 0.102. The van der Waals surface area contributed by atoms with E-state index in [9.17, 15) is 9.18 Å². The van der Waals surface area contributed by atoms with Crippen molar-refractivity contribution in [3.63, 3.8) is 0 Å². The number of pyridine rings is 1. The highest BCUT2D eigenvalue weighted by molar-refractivity contribution is 6.05. The first-order chi connectivity index (χ1) is 17.1. The first-order valence-corrected chi connectivity index (χ1v) is 11.5. The predicted molar refractivity (Wildman–Crippen MR) is 130 cm³/mol. The highest BCUT2D eigenvalue weighted by atomic mass is 19.1. The summed E-state index contributed by atoms with van der Waals surface area (Å²) in [6.07, 6.45) is -0.376. The molecular formula is C24H27FN8O3. The lowest BCUT2D eigenvalue weighted by Gasteiger charge is -2.16. The molecule has 1 N–H and O–H groups in total. The first-order valence-electron chi connectivity index (χ1n) is 11.5. The largest absolute Gasteiger partial charge is 0.471 e. The summed E-state index contributed by atoms with van der Waals surface area (Å²) >= 11 is 0. The summed E-state index contributed by atoms with van der Waals surface area (Å²) in [5, 5.41) is 14.3. The number of nitrogens with one attached hydrogen (secondary N) is 1. The molecule has 0 spiro atoms. The summed E-state index contributed by atoms with van der Waals surface area (Å²) in [5.74, 6) is -0.467. The maximum absolute atomic E-state index is 15.0. The number of benzene rings is 1. The summed E-state index contributed by atoms with van der Waals surface area (Å²) in [6.45, 7) is 11.2. The zero-order valence-electron chi connectivity index (χ0n) is 20.9. The molecule has 188 valence electrons. The van der Waals surface area contributed by atoms with Crippen LogP contribution in [0.3, 0.4) is 0 Å². The Bertz CT molecular complexity index is 1400. The summed E-state index contributed by atoms with van der Waals surface area (Å²) in [4.78, 5) is 26.2. The van der Waals surface area contributed by atoms with Gasteiger partial charge in [0.25, 0.3) is 17.7 Å². The number of fused-ring (bicyclic) bond motifs is 1. The van der Waals surface area contributed by atoms with E-state index in [1.54, 1.807) is 22.9 Å². The Morgan fingerprint density at radius 2 is 1.58 bits per heavy atom. The number of rotatable bonds is 8. The highest BCUT2D eigenvalue weighted by Crippen LogP contribution is 2.29. The van der Waals surface area contributed by atoms with Gasteiger partial charge in [0.2, 0.25) is 5.82 Å². The van der Waals surface area contributed by atoms with Gasteiger partial charge in [-0.1, -0.05) is 6.07 Å². The fourth-order valence-corrected chi connectivity index (χ4v) is 3.34. The van der Waals surface area contributed by atoms with Gasteiger partial charge in [0.05, 0.1) is 34.8 Å². The van der Waals surface area contributed by atoms with Crippen molar-refractivity contribution in [2.24, 2.45) is 0 Å². The van der Waals surface area contributed by atoms with Crippen molar-refractivity contribution in [2.45, 2.75) is 59.8 Å². The molecule has 0 unspecified atom stereocenters. The Hall–Kier alpha value is -4.22. The van der Waals surface area contributed by atoms with E-state index in [1.807, 2.05) is 41.5 Å². The third kappa shape index (κ3) is 5.37. The van der Waals surface area contributed by atoms with Crippen molar-refractivity contribution >= 4 is 22.8 Å². The van der Waals surface area contributed by atoms with E-state index < -0.39 is 11.7 Å². The van der Waals surface area contributed by atoms with Gasteiger partial charge in [-0.05, 0) is 70.2 Å². The van der Waals surface area contributed by atoms with Crippen LogP contribution in [0.25, 0.3) is 22.6 Å². The van der Waals surface area contributed by atoms with Crippen LogP contribution < -0.4 is 14.8 Å². The molecule has 0 aliphatic heterocycles. The molecule has 12 heteroatoms. The number of tetrazole rings is 1. The molecule has 1 amide bonds. The van der Waals surface area contributed by atoms with Crippen LogP contribution in [0.4, 0.5) is 10.2 Å². The number of amides is 1. The standard InChI is InChI=1S/C24H27FN8O3/c1-12(2)33-21(30-31-32-33)17-8-7-9-20(26-17)29-22(34)15-10-18-19(11-16(15)25)28-24(36-14(5)6)23(27-18)35-13(3)4/h7-14H,1-6H3,(H,26,29,34). The summed E-state index contributed by atoms with van der Waals surface area (Å²) < 4.78 is 28.0. The van der Waals surface area contributed by atoms with Crippen LogP contribution in [0, 0.1) is 5.82 Å². The number of anilines is 1. The first kappa shape index (κ1) is 24.9. The maximum atomic E-state index is 15.0. The Kier molecular flexibility index (Phi) is 7.04. The van der Waals surface area contributed by atoms with Crippen LogP contribution in [-0.2, 0) is 0 Å². The van der Waals surface area contributed by atoms with Crippen molar-refractivity contribution in [2.75, 3.05) is 5.32 Å². The molecule has 0 radical (unpaired) electrons. The molecule has 0 saturated heterocycles. The van der Waals surface area contributed by atoms with E-state index in [-0.39, 0.29) is 52.4 Å². The van der Waals surface area contributed by atoms with Crippen LogP contribution in [0.2, 0.25) is 0 Å². The minimum Gasteiger partial charge on any atom is -0.471 e. The molecule has 0 saturated carbocycles. The Balaban J connectivity index is 1.66. The fourth-order valence-electron chi connectivity index (χ4n) is 3.34. The zero-order chi connectivity index (χ0) is 26.0. The number of hydrogen-bond donors (Lipinski definition) is 1. The van der Waals surface area contributed by atoms with Gasteiger partial charge in [-0.3, -0.25) is 4.79 Å². The van der Waals surface area contributed by atoms with Gasteiger partial charge in [-0.25, -0.2) is 24.0 Å². The quantitative estimate of drug-likeness (QED) is 0.382. The molecule has 4 rings (SSSR count). The number of aromatic nitrogens is 7. The number of hydrogen-bond acceptors (Lipinski definition) is 9. The van der Waals surface area contributed by atoms with E-state index in [0.29, 0.717) is 11.5 Å². The second kappa shape index (κ2) is 10.2. The molecular weight excluding hydrogens is 467 g/mol. The van der Waals surface area contributed by atoms with E-state index in [1.165, 1.54) is 6.07 Å². The van der Waals surface area contributed by atoms with Gasteiger partial charge < -0.3 is 14.8 Å². The molecule has 0 fully saturated rings. The number of nitrogens with zero attached hydrogens (tertiary/aromatic N) is 7. The third-order valence-electron chi connectivity index (χ3n) is 4.83. The van der Waals surface area contributed by atoms with E-state index in [0.717, 1.165) is 6.07 Å². The number of carbonyl (C=O) groups is 1. The van der Waals surface area contributed by atoms with Gasteiger partial charge in [0.1, 0.15) is 17.3 Å².